The van der Waals surface area contributed by atoms with E-state index in [9.17, 15) is 4.79 Å². The lowest BCUT2D eigenvalue weighted by Crippen LogP contribution is -2.17. The normalized spacial score (nSPS) is 16.5. The van der Waals surface area contributed by atoms with E-state index in [1.807, 2.05) is 6.92 Å². The molecule has 66 valence electrons. The van der Waals surface area contributed by atoms with Gasteiger partial charge in [0.15, 0.2) is 0 Å². The summed E-state index contributed by atoms with van der Waals surface area (Å²) in [7, 11) is 0. The zero-order valence-corrected chi connectivity index (χ0v) is 8.18. The van der Waals surface area contributed by atoms with Crippen LogP contribution in [0.3, 0.4) is 0 Å². The van der Waals surface area contributed by atoms with Gasteiger partial charge in [-0.1, -0.05) is 34.1 Å². The number of carbonyl (C=O) groups is 1. The van der Waals surface area contributed by atoms with Gasteiger partial charge < -0.3 is 4.79 Å². The van der Waals surface area contributed by atoms with Crippen molar-refractivity contribution >= 4 is 6.29 Å². The molecular formula is C10H20O. The number of aldehydes is 1. The first-order valence-corrected chi connectivity index (χ1v) is 4.50. The van der Waals surface area contributed by atoms with Crippen molar-refractivity contribution in [2.45, 2.75) is 47.0 Å². The van der Waals surface area contributed by atoms with Gasteiger partial charge in [0, 0.05) is 5.41 Å². The second kappa shape index (κ2) is 4.53. The molecule has 0 spiro atoms. The first-order valence-electron chi connectivity index (χ1n) is 4.50. The summed E-state index contributed by atoms with van der Waals surface area (Å²) >= 11 is 0. The molecular weight excluding hydrogens is 136 g/mol. The molecule has 0 aromatic carbocycles. The largest absolute Gasteiger partial charge is 0.303 e. The van der Waals surface area contributed by atoms with Gasteiger partial charge in [-0.2, -0.15) is 0 Å². The Kier molecular flexibility index (Phi) is 4.39. The lowest BCUT2D eigenvalue weighted by atomic mass is 9.82. The molecule has 11 heavy (non-hydrogen) atoms. The quantitative estimate of drug-likeness (QED) is 0.559. The van der Waals surface area contributed by atoms with E-state index in [2.05, 4.69) is 20.8 Å². The van der Waals surface area contributed by atoms with Gasteiger partial charge in [-0.25, -0.2) is 0 Å². The predicted molar refractivity (Wildman–Crippen MR) is 48.5 cm³/mol. The predicted octanol–water partition coefficient (Wildman–Crippen LogP) is 3.04. The van der Waals surface area contributed by atoms with Crippen molar-refractivity contribution in [3.05, 3.63) is 0 Å². The van der Waals surface area contributed by atoms with E-state index in [0.717, 1.165) is 25.5 Å². The van der Waals surface area contributed by atoms with E-state index >= 15 is 0 Å². The fraction of sp³-hybridized carbons (Fsp3) is 0.900. The van der Waals surface area contributed by atoms with Gasteiger partial charge in [0.25, 0.3) is 0 Å². The van der Waals surface area contributed by atoms with Crippen LogP contribution in [-0.2, 0) is 4.79 Å². The Morgan fingerprint density at radius 1 is 1.45 bits per heavy atom. The average molecular weight is 156 g/mol. The lowest BCUT2D eigenvalue weighted by molar-refractivity contribution is -0.116. The minimum atomic E-state index is -0.0652. The van der Waals surface area contributed by atoms with Crippen LogP contribution in [-0.4, -0.2) is 6.29 Å². The molecule has 0 aliphatic rings. The minimum Gasteiger partial charge on any atom is -0.303 e. The molecule has 0 aromatic rings. The molecule has 0 aromatic heterocycles. The third kappa shape index (κ3) is 4.18. The first-order chi connectivity index (χ1) is 5.04. The summed E-state index contributed by atoms with van der Waals surface area (Å²) in [6.07, 6.45) is 4.26. The summed E-state index contributed by atoms with van der Waals surface area (Å²) in [4.78, 5) is 10.7. The smallest absolute Gasteiger partial charge is 0.125 e. The van der Waals surface area contributed by atoms with Gasteiger partial charge in [0.05, 0.1) is 0 Å². The third-order valence-electron chi connectivity index (χ3n) is 2.38. The van der Waals surface area contributed by atoms with Crippen LogP contribution in [0.5, 0.6) is 0 Å². The molecule has 0 heterocycles. The maximum atomic E-state index is 10.7. The van der Waals surface area contributed by atoms with E-state index in [1.165, 1.54) is 0 Å². The Balaban J connectivity index is 3.78. The fourth-order valence-electron chi connectivity index (χ4n) is 0.937. The molecule has 0 amide bonds. The molecule has 1 nitrogen and oxygen atoms in total. The summed E-state index contributed by atoms with van der Waals surface area (Å²) in [5.41, 5.74) is -0.0652. The van der Waals surface area contributed by atoms with E-state index in [0.29, 0.717) is 5.92 Å². The van der Waals surface area contributed by atoms with Gasteiger partial charge in [0.2, 0.25) is 0 Å². The van der Waals surface area contributed by atoms with Crippen molar-refractivity contribution in [2.75, 3.05) is 0 Å². The Morgan fingerprint density at radius 2 is 2.00 bits per heavy atom. The molecule has 0 saturated carbocycles. The van der Waals surface area contributed by atoms with Gasteiger partial charge in [-0.3, -0.25) is 0 Å². The van der Waals surface area contributed by atoms with Gasteiger partial charge >= 0.3 is 0 Å². The van der Waals surface area contributed by atoms with Crippen molar-refractivity contribution in [1.29, 1.82) is 0 Å². The highest BCUT2D eigenvalue weighted by Gasteiger charge is 2.20. The molecule has 0 radical (unpaired) electrons. The SMILES string of the molecule is CCC(C)(C=O)CCC(C)C. The maximum absolute atomic E-state index is 10.7. The summed E-state index contributed by atoms with van der Waals surface area (Å²) in [5, 5.41) is 0. The molecule has 1 unspecified atom stereocenters. The average Bonchev–Trinajstić information content (AvgIpc) is 2.00. The number of carbonyl (C=O) groups excluding carboxylic acids is 1. The van der Waals surface area contributed by atoms with E-state index in [4.69, 9.17) is 0 Å². The number of hydrogen-bond donors (Lipinski definition) is 0. The van der Waals surface area contributed by atoms with E-state index in [1.54, 1.807) is 0 Å². The summed E-state index contributed by atoms with van der Waals surface area (Å²) in [6.45, 7) is 8.51. The van der Waals surface area contributed by atoms with Crippen LogP contribution in [0.15, 0.2) is 0 Å². The third-order valence-corrected chi connectivity index (χ3v) is 2.38. The topological polar surface area (TPSA) is 17.1 Å². The number of hydrogen-bond acceptors (Lipinski definition) is 1. The van der Waals surface area contributed by atoms with Crippen molar-refractivity contribution in [1.82, 2.24) is 0 Å². The lowest BCUT2D eigenvalue weighted by Gasteiger charge is -2.21. The van der Waals surface area contributed by atoms with Crippen molar-refractivity contribution < 1.29 is 4.79 Å². The zero-order chi connectivity index (χ0) is 8.91. The number of rotatable bonds is 5. The Morgan fingerprint density at radius 3 is 2.27 bits per heavy atom. The monoisotopic (exact) mass is 156 g/mol. The standard InChI is InChI=1S/C10H20O/c1-5-10(4,8-11)7-6-9(2)3/h8-9H,5-7H2,1-4H3. The van der Waals surface area contributed by atoms with Gasteiger partial charge in [-0.05, 0) is 18.8 Å². The van der Waals surface area contributed by atoms with Crippen LogP contribution in [0, 0.1) is 11.3 Å². The maximum Gasteiger partial charge on any atom is 0.125 e. The first kappa shape index (κ1) is 10.7. The molecule has 0 saturated heterocycles. The van der Waals surface area contributed by atoms with E-state index < -0.39 is 0 Å². The second-order valence-corrected chi connectivity index (χ2v) is 4.06. The molecule has 0 N–H and O–H groups in total. The van der Waals surface area contributed by atoms with Crippen LogP contribution < -0.4 is 0 Å². The van der Waals surface area contributed by atoms with Crippen LogP contribution in [0.2, 0.25) is 0 Å². The van der Waals surface area contributed by atoms with Gasteiger partial charge in [0.1, 0.15) is 6.29 Å². The minimum absolute atomic E-state index is 0.0652. The molecule has 0 rings (SSSR count). The second-order valence-electron chi connectivity index (χ2n) is 4.06. The van der Waals surface area contributed by atoms with Crippen LogP contribution >= 0.6 is 0 Å². The summed E-state index contributed by atoms with van der Waals surface area (Å²) in [5.74, 6) is 0.709. The van der Waals surface area contributed by atoms with Crippen LogP contribution in [0.25, 0.3) is 0 Å². The zero-order valence-electron chi connectivity index (χ0n) is 8.18. The summed E-state index contributed by atoms with van der Waals surface area (Å²) < 4.78 is 0. The highest BCUT2D eigenvalue weighted by Crippen LogP contribution is 2.26. The van der Waals surface area contributed by atoms with Crippen LogP contribution in [0.1, 0.15) is 47.0 Å². The van der Waals surface area contributed by atoms with Crippen LogP contribution in [0.4, 0.5) is 0 Å². The fourth-order valence-corrected chi connectivity index (χ4v) is 0.937. The van der Waals surface area contributed by atoms with Crippen molar-refractivity contribution in [3.8, 4) is 0 Å². The molecule has 0 bridgehead atoms. The van der Waals surface area contributed by atoms with Crippen molar-refractivity contribution in [2.24, 2.45) is 11.3 Å². The Bertz CT molecular complexity index is 118. The Labute approximate surface area is 70.2 Å². The molecule has 1 atom stereocenters. The highest BCUT2D eigenvalue weighted by atomic mass is 16.1. The van der Waals surface area contributed by atoms with Gasteiger partial charge in [-0.15, -0.1) is 0 Å². The van der Waals surface area contributed by atoms with Crippen molar-refractivity contribution in [3.63, 3.8) is 0 Å². The molecule has 0 aliphatic carbocycles. The molecule has 0 aliphatic heterocycles. The van der Waals surface area contributed by atoms with E-state index in [-0.39, 0.29) is 5.41 Å². The highest BCUT2D eigenvalue weighted by molar-refractivity contribution is 5.58. The molecule has 0 fully saturated rings. The Hall–Kier alpha value is -0.330. The summed E-state index contributed by atoms with van der Waals surface area (Å²) in [6, 6.07) is 0. The molecule has 1 heteroatoms.